The van der Waals surface area contributed by atoms with Crippen molar-refractivity contribution in [2.45, 2.75) is 44.6 Å². The summed E-state index contributed by atoms with van der Waals surface area (Å²) >= 11 is 0. The van der Waals surface area contributed by atoms with E-state index in [-0.39, 0.29) is 23.8 Å². The number of ether oxygens (including phenoxy) is 1. The second-order valence-corrected chi connectivity index (χ2v) is 10.2. The Labute approximate surface area is 200 Å². The average molecular weight is 507 g/mol. The fraction of sp³-hybridized carbons (Fsp3) is 0.476. The maximum Gasteiger partial charge on any atom is 0.294 e. The summed E-state index contributed by atoms with van der Waals surface area (Å²) in [6.07, 6.45) is 0.621. The largest absolute Gasteiger partial charge is 0.493 e. The molecule has 0 amide bonds. The lowest BCUT2D eigenvalue weighted by Crippen LogP contribution is -2.55. The Hall–Kier alpha value is -3.52. The van der Waals surface area contributed by atoms with Crippen LogP contribution in [0.15, 0.2) is 21.8 Å². The second kappa shape index (κ2) is 9.26. The third kappa shape index (κ3) is 4.46. The number of nitrogens with one attached hydrogen (secondary N) is 1. The highest BCUT2D eigenvalue weighted by molar-refractivity contribution is 7.89. The predicted molar refractivity (Wildman–Crippen MR) is 125 cm³/mol. The maximum absolute atomic E-state index is 13.3. The van der Waals surface area contributed by atoms with Crippen LogP contribution in [0.2, 0.25) is 0 Å². The van der Waals surface area contributed by atoms with Crippen molar-refractivity contribution in [1.82, 2.24) is 24.1 Å². The van der Waals surface area contributed by atoms with Gasteiger partial charge in [0.25, 0.3) is 10.6 Å². The zero-order chi connectivity index (χ0) is 25.5. The van der Waals surface area contributed by atoms with Gasteiger partial charge in [-0.3, -0.25) is 9.48 Å². The van der Waals surface area contributed by atoms with E-state index >= 15 is 0 Å². The van der Waals surface area contributed by atoms with Crippen LogP contribution in [0.1, 0.15) is 31.5 Å². The molecule has 0 radical (unpaired) electrons. The van der Waals surface area contributed by atoms with Crippen molar-refractivity contribution < 1.29 is 23.1 Å². The van der Waals surface area contributed by atoms with Crippen molar-refractivity contribution in [3.8, 4) is 17.1 Å². The van der Waals surface area contributed by atoms with Gasteiger partial charge in [-0.15, -0.1) is 10.1 Å². The van der Waals surface area contributed by atoms with Crippen LogP contribution in [0, 0.1) is 17.0 Å². The molecule has 1 aromatic carbocycles. The van der Waals surface area contributed by atoms with Crippen LogP contribution in [0.3, 0.4) is 0 Å². The maximum atomic E-state index is 13.3. The van der Waals surface area contributed by atoms with Crippen LogP contribution in [0.5, 0.6) is 5.75 Å². The van der Waals surface area contributed by atoms with Crippen molar-refractivity contribution in [1.29, 1.82) is 0 Å². The molecular weight excluding hydrogens is 480 g/mol. The normalized spacial score (nSPS) is 14.7. The van der Waals surface area contributed by atoms with Gasteiger partial charge in [-0.25, -0.2) is 13.4 Å². The van der Waals surface area contributed by atoms with E-state index in [1.807, 2.05) is 6.92 Å². The Morgan fingerprint density at radius 3 is 2.63 bits per heavy atom. The molecule has 1 aliphatic heterocycles. The highest BCUT2D eigenvalue weighted by atomic mass is 32.2. The molecule has 4 rings (SSSR count). The van der Waals surface area contributed by atoms with Gasteiger partial charge in [-0.2, -0.15) is 9.40 Å². The first-order chi connectivity index (χ1) is 16.6. The number of sulfonamides is 1. The first-order valence-corrected chi connectivity index (χ1v) is 12.6. The number of fused-ring (bicyclic) bond motifs is 1. The van der Waals surface area contributed by atoms with E-state index in [1.54, 1.807) is 27.0 Å². The van der Waals surface area contributed by atoms with Crippen LogP contribution < -0.4 is 10.3 Å². The Balaban J connectivity index is 1.83. The Bertz CT molecular complexity index is 1460. The molecular formula is C21H26N6O7S. The number of nitrogens with zero attached hydrogens (tertiary/aromatic N) is 5. The van der Waals surface area contributed by atoms with Crippen LogP contribution in [0.4, 0.5) is 0 Å². The molecule has 0 atom stereocenters. The molecule has 0 spiro atoms. The summed E-state index contributed by atoms with van der Waals surface area (Å²) < 4.78 is 34.9. The molecule has 0 unspecified atom stereocenters. The van der Waals surface area contributed by atoms with E-state index in [9.17, 15) is 23.3 Å². The van der Waals surface area contributed by atoms with E-state index in [1.165, 1.54) is 10.7 Å². The Morgan fingerprint density at radius 1 is 1.29 bits per heavy atom. The van der Waals surface area contributed by atoms with E-state index in [2.05, 4.69) is 19.9 Å². The lowest BCUT2D eigenvalue weighted by Gasteiger charge is -2.36. The van der Waals surface area contributed by atoms with Gasteiger partial charge in [0.15, 0.2) is 5.52 Å². The molecule has 1 fully saturated rings. The number of hydrogen-bond acceptors (Lipinski definition) is 9. The molecule has 13 nitrogen and oxygen atoms in total. The summed E-state index contributed by atoms with van der Waals surface area (Å²) in [5, 5.41) is 14.0. The van der Waals surface area contributed by atoms with Crippen LogP contribution in [0.25, 0.3) is 22.4 Å². The minimum atomic E-state index is -3.99. The molecule has 1 aliphatic rings. The lowest BCUT2D eigenvalue weighted by molar-refractivity contribution is -0.771. The van der Waals surface area contributed by atoms with Gasteiger partial charge in [-0.05, 0) is 38.0 Å². The standard InChI is InChI=1S/C21H26N6O7S/c1-5-7-15-18-19(25(4)24-15)21(28)23-20(22-18)14-9-17(12(3)8-16(14)33-6-2)35(31,32)26-10-13(11-26)34-27(29)30/h8-9,13H,5-7,10-11H2,1-4H3,(H,22,23,28). The highest BCUT2D eigenvalue weighted by Crippen LogP contribution is 2.35. The minimum absolute atomic E-state index is 0.0155. The fourth-order valence-corrected chi connectivity index (χ4v) is 5.84. The predicted octanol–water partition coefficient (Wildman–Crippen LogP) is 1.56. The zero-order valence-electron chi connectivity index (χ0n) is 19.8. The zero-order valence-corrected chi connectivity index (χ0v) is 20.6. The van der Waals surface area contributed by atoms with Gasteiger partial charge < -0.3 is 14.6 Å². The molecule has 188 valence electrons. The molecule has 0 saturated carbocycles. The van der Waals surface area contributed by atoms with E-state index in [0.717, 1.165) is 10.7 Å². The second-order valence-electron chi connectivity index (χ2n) is 8.25. The third-order valence-corrected chi connectivity index (χ3v) is 7.72. The molecule has 3 aromatic rings. The smallest absolute Gasteiger partial charge is 0.294 e. The summed E-state index contributed by atoms with van der Waals surface area (Å²) in [5.41, 5.74) is 1.77. The number of aromatic nitrogens is 4. The molecule has 1 N–H and O–H groups in total. The molecule has 1 saturated heterocycles. The van der Waals surface area contributed by atoms with Gasteiger partial charge in [0.1, 0.15) is 23.2 Å². The van der Waals surface area contributed by atoms with Gasteiger partial charge >= 0.3 is 0 Å². The third-order valence-electron chi connectivity index (χ3n) is 5.75. The van der Waals surface area contributed by atoms with Crippen LogP contribution in [-0.2, 0) is 28.3 Å². The monoisotopic (exact) mass is 506 g/mol. The molecule has 35 heavy (non-hydrogen) atoms. The molecule has 0 bridgehead atoms. The van der Waals surface area contributed by atoms with Crippen LogP contribution >= 0.6 is 0 Å². The summed E-state index contributed by atoms with van der Waals surface area (Å²) in [7, 11) is -2.32. The number of H-pyrrole nitrogens is 1. The number of hydrogen-bond donors (Lipinski definition) is 1. The molecule has 0 aliphatic carbocycles. The van der Waals surface area contributed by atoms with Gasteiger partial charge in [-0.1, -0.05) is 13.3 Å². The molecule has 14 heteroatoms. The highest BCUT2D eigenvalue weighted by Gasteiger charge is 2.40. The quantitative estimate of drug-likeness (QED) is 0.335. The summed E-state index contributed by atoms with van der Waals surface area (Å²) in [6.45, 7) is 5.45. The summed E-state index contributed by atoms with van der Waals surface area (Å²) in [5.74, 6) is 0.525. The first kappa shape index (κ1) is 24.6. The first-order valence-electron chi connectivity index (χ1n) is 11.1. The SMILES string of the molecule is CCCc1nn(C)c2c(=O)[nH]c(-c3cc(S(=O)(=O)N4CC(O[N+](=O)[O-])C4)c(C)cc3OCC)nc12. The van der Waals surface area contributed by atoms with Crippen molar-refractivity contribution in [3.63, 3.8) is 0 Å². The van der Waals surface area contributed by atoms with Gasteiger partial charge in [0.05, 0.1) is 22.8 Å². The molecule has 2 aromatic heterocycles. The number of rotatable bonds is 9. The minimum Gasteiger partial charge on any atom is -0.493 e. The van der Waals surface area contributed by atoms with E-state index in [0.29, 0.717) is 46.6 Å². The van der Waals surface area contributed by atoms with Crippen molar-refractivity contribution in [3.05, 3.63) is 43.9 Å². The Kier molecular flexibility index (Phi) is 6.51. The lowest BCUT2D eigenvalue weighted by atomic mass is 10.1. The molecule has 3 heterocycles. The summed E-state index contributed by atoms with van der Waals surface area (Å²) in [6, 6.07) is 2.99. The van der Waals surface area contributed by atoms with E-state index < -0.39 is 26.8 Å². The topological polar surface area (TPSA) is 163 Å². The van der Waals surface area contributed by atoms with Crippen molar-refractivity contribution in [2.24, 2.45) is 7.05 Å². The van der Waals surface area contributed by atoms with Crippen LogP contribution in [-0.4, -0.2) is 63.4 Å². The van der Waals surface area contributed by atoms with E-state index in [4.69, 9.17) is 4.74 Å². The fourth-order valence-electron chi connectivity index (χ4n) is 4.10. The number of aryl methyl sites for hydroxylation is 3. The van der Waals surface area contributed by atoms with Gasteiger partial charge in [0.2, 0.25) is 10.0 Å². The van der Waals surface area contributed by atoms with Crippen molar-refractivity contribution in [2.75, 3.05) is 19.7 Å². The average Bonchev–Trinajstić information content (AvgIpc) is 3.06. The summed E-state index contributed by atoms with van der Waals surface area (Å²) in [4.78, 5) is 35.3. The Morgan fingerprint density at radius 2 is 2.00 bits per heavy atom. The number of aromatic amines is 1. The number of benzene rings is 1. The van der Waals surface area contributed by atoms with Gasteiger partial charge in [0, 0.05) is 20.1 Å². The van der Waals surface area contributed by atoms with Crippen molar-refractivity contribution >= 4 is 21.1 Å².